The Kier molecular flexibility index (Phi) is 19.9. The van der Waals surface area contributed by atoms with Crippen molar-refractivity contribution >= 4 is 0 Å². The van der Waals surface area contributed by atoms with Crippen LogP contribution in [0.5, 0.6) is 0 Å². The van der Waals surface area contributed by atoms with Gasteiger partial charge in [0.25, 0.3) is 0 Å². The highest BCUT2D eigenvalue weighted by Gasteiger charge is 2.10. The van der Waals surface area contributed by atoms with Crippen LogP contribution >= 0.6 is 0 Å². The molecular formula is C14H33N3O5. The van der Waals surface area contributed by atoms with E-state index >= 15 is 0 Å². The average molecular weight is 323 g/mol. The Morgan fingerprint density at radius 3 is 1.18 bits per heavy atom. The molecule has 0 aliphatic rings. The summed E-state index contributed by atoms with van der Waals surface area (Å²) in [5.41, 5.74) is 0. The molecule has 0 spiro atoms. The Morgan fingerprint density at radius 1 is 0.500 bits per heavy atom. The fourth-order valence-corrected chi connectivity index (χ4v) is 1.86. The molecule has 0 fully saturated rings. The number of nitrogens with zero attached hydrogens (tertiary/aromatic N) is 3. The summed E-state index contributed by atoms with van der Waals surface area (Å²) in [5.74, 6) is 0. The van der Waals surface area contributed by atoms with Crippen molar-refractivity contribution in [1.82, 2.24) is 14.9 Å². The smallest absolute Gasteiger partial charge is 0.0581 e. The lowest BCUT2D eigenvalue weighted by Gasteiger charge is -2.27. The first-order chi connectivity index (χ1) is 10.7. The monoisotopic (exact) mass is 323 g/mol. The molecular weight excluding hydrogens is 290 g/mol. The van der Waals surface area contributed by atoms with E-state index in [2.05, 4.69) is 13.2 Å². The number of hydrogen-bond acceptors (Lipinski definition) is 8. The normalized spacial score (nSPS) is 11.1. The van der Waals surface area contributed by atoms with Gasteiger partial charge in [-0.05, 0) is 0 Å². The molecule has 22 heavy (non-hydrogen) atoms. The van der Waals surface area contributed by atoms with Gasteiger partial charge in [0.05, 0.1) is 26.4 Å². The summed E-state index contributed by atoms with van der Waals surface area (Å²) in [5, 5.41) is 46.0. The van der Waals surface area contributed by atoms with E-state index in [0.717, 1.165) is 5.06 Å². The standard InChI is InChI=1S/C12H29N3O5.C2H4/c16-9-5-13(3-4-15(20)8-12-19)1-2-14(6-10-17)7-11-18;1-2/h16-20H,1-12H2;1-2H2. The van der Waals surface area contributed by atoms with Gasteiger partial charge in [0.2, 0.25) is 0 Å². The molecule has 134 valence electrons. The summed E-state index contributed by atoms with van der Waals surface area (Å²) in [6, 6.07) is 0. The van der Waals surface area contributed by atoms with E-state index in [-0.39, 0.29) is 33.0 Å². The van der Waals surface area contributed by atoms with E-state index in [4.69, 9.17) is 20.4 Å². The number of rotatable bonds is 14. The first-order valence-corrected chi connectivity index (χ1v) is 7.49. The predicted octanol–water partition coefficient (Wildman–Crippen LogP) is -1.95. The fourth-order valence-electron chi connectivity index (χ4n) is 1.86. The van der Waals surface area contributed by atoms with Crippen LogP contribution in [0.15, 0.2) is 13.2 Å². The van der Waals surface area contributed by atoms with Crippen LogP contribution in [0.25, 0.3) is 0 Å². The van der Waals surface area contributed by atoms with E-state index < -0.39 is 0 Å². The van der Waals surface area contributed by atoms with Crippen LogP contribution in [0.1, 0.15) is 0 Å². The lowest BCUT2D eigenvalue weighted by atomic mass is 10.4. The zero-order valence-corrected chi connectivity index (χ0v) is 13.5. The minimum Gasteiger partial charge on any atom is -0.395 e. The lowest BCUT2D eigenvalue weighted by Crippen LogP contribution is -2.42. The fraction of sp³-hybridized carbons (Fsp3) is 0.857. The molecule has 0 heterocycles. The van der Waals surface area contributed by atoms with E-state index in [0.29, 0.717) is 45.8 Å². The van der Waals surface area contributed by atoms with Gasteiger partial charge >= 0.3 is 0 Å². The summed E-state index contributed by atoms with van der Waals surface area (Å²) in [7, 11) is 0. The SMILES string of the molecule is C=C.OCCN(O)CCN(CCO)CCN(CCO)CCO. The third-order valence-corrected chi connectivity index (χ3v) is 3.01. The highest BCUT2D eigenvalue weighted by Crippen LogP contribution is 1.94. The highest BCUT2D eigenvalue weighted by molar-refractivity contribution is 4.64. The largest absolute Gasteiger partial charge is 0.395 e. The van der Waals surface area contributed by atoms with Crippen LogP contribution in [0.2, 0.25) is 0 Å². The van der Waals surface area contributed by atoms with Gasteiger partial charge in [0, 0.05) is 52.4 Å². The zero-order chi connectivity index (χ0) is 17.2. The van der Waals surface area contributed by atoms with E-state index in [1.807, 2.05) is 9.80 Å². The first-order valence-electron chi connectivity index (χ1n) is 7.49. The van der Waals surface area contributed by atoms with Crippen molar-refractivity contribution in [2.24, 2.45) is 0 Å². The number of hydrogen-bond donors (Lipinski definition) is 5. The predicted molar refractivity (Wildman–Crippen MR) is 85.8 cm³/mol. The summed E-state index contributed by atoms with van der Waals surface area (Å²) >= 11 is 0. The van der Waals surface area contributed by atoms with E-state index in [1.165, 1.54) is 0 Å². The van der Waals surface area contributed by atoms with Crippen LogP contribution < -0.4 is 0 Å². The van der Waals surface area contributed by atoms with Gasteiger partial charge in [-0.25, -0.2) is 0 Å². The summed E-state index contributed by atoms with van der Waals surface area (Å²) in [6.45, 7) is 10.0. The molecule has 0 radical (unpaired) electrons. The van der Waals surface area contributed by atoms with Gasteiger partial charge in [0.15, 0.2) is 0 Å². The molecule has 0 saturated carbocycles. The van der Waals surface area contributed by atoms with Crippen molar-refractivity contribution in [3.8, 4) is 0 Å². The molecule has 8 heteroatoms. The Bertz CT molecular complexity index is 219. The molecule has 0 rings (SSSR count). The maximum atomic E-state index is 9.42. The van der Waals surface area contributed by atoms with Crippen LogP contribution in [-0.4, -0.2) is 119 Å². The van der Waals surface area contributed by atoms with Gasteiger partial charge in [-0.3, -0.25) is 9.80 Å². The topological polar surface area (TPSA) is 111 Å². The van der Waals surface area contributed by atoms with Crippen molar-refractivity contribution in [2.75, 3.05) is 78.8 Å². The molecule has 0 aromatic rings. The van der Waals surface area contributed by atoms with Crippen molar-refractivity contribution in [3.63, 3.8) is 0 Å². The van der Waals surface area contributed by atoms with Gasteiger partial charge < -0.3 is 25.6 Å². The number of aliphatic hydroxyl groups excluding tert-OH is 4. The maximum Gasteiger partial charge on any atom is 0.0581 e. The highest BCUT2D eigenvalue weighted by atomic mass is 16.5. The first kappa shape index (κ1) is 23.7. The molecule has 8 nitrogen and oxygen atoms in total. The number of aliphatic hydroxyl groups is 4. The third kappa shape index (κ3) is 14.4. The Balaban J connectivity index is 0. The van der Waals surface area contributed by atoms with Crippen molar-refractivity contribution in [2.45, 2.75) is 0 Å². The van der Waals surface area contributed by atoms with Crippen LogP contribution in [-0.2, 0) is 0 Å². The molecule has 0 aromatic heterocycles. The van der Waals surface area contributed by atoms with Gasteiger partial charge in [-0.2, -0.15) is 5.06 Å². The second kappa shape index (κ2) is 18.5. The molecule has 0 atom stereocenters. The molecule has 0 amide bonds. The van der Waals surface area contributed by atoms with Crippen molar-refractivity contribution in [1.29, 1.82) is 0 Å². The van der Waals surface area contributed by atoms with Gasteiger partial charge in [-0.1, -0.05) is 0 Å². The Labute approximate surface area is 133 Å². The average Bonchev–Trinajstić information content (AvgIpc) is 2.52. The third-order valence-electron chi connectivity index (χ3n) is 3.01. The second-order valence-electron chi connectivity index (χ2n) is 4.53. The van der Waals surface area contributed by atoms with Crippen LogP contribution in [0.4, 0.5) is 0 Å². The Hall–Kier alpha value is -0.580. The number of hydroxylamine groups is 2. The minimum atomic E-state index is -0.0999. The van der Waals surface area contributed by atoms with Gasteiger partial charge in [-0.15, -0.1) is 13.2 Å². The minimum absolute atomic E-state index is 0.0332. The molecule has 5 N–H and O–H groups in total. The molecule has 0 unspecified atom stereocenters. The second-order valence-corrected chi connectivity index (χ2v) is 4.53. The lowest BCUT2D eigenvalue weighted by molar-refractivity contribution is -0.102. The van der Waals surface area contributed by atoms with Crippen molar-refractivity contribution in [3.05, 3.63) is 13.2 Å². The maximum absolute atomic E-state index is 9.42. The quantitative estimate of drug-likeness (QED) is 0.185. The summed E-state index contributed by atoms with van der Waals surface area (Å²) in [6.07, 6.45) is 0. The summed E-state index contributed by atoms with van der Waals surface area (Å²) < 4.78 is 0. The summed E-state index contributed by atoms with van der Waals surface area (Å²) in [4.78, 5) is 3.93. The van der Waals surface area contributed by atoms with Gasteiger partial charge in [0.1, 0.15) is 0 Å². The molecule has 0 bridgehead atoms. The van der Waals surface area contributed by atoms with E-state index in [9.17, 15) is 5.21 Å². The van der Waals surface area contributed by atoms with Crippen molar-refractivity contribution < 1.29 is 25.6 Å². The molecule has 0 aliphatic heterocycles. The Morgan fingerprint density at radius 2 is 0.818 bits per heavy atom. The van der Waals surface area contributed by atoms with E-state index in [1.54, 1.807) is 0 Å². The van der Waals surface area contributed by atoms with Crippen LogP contribution in [0.3, 0.4) is 0 Å². The van der Waals surface area contributed by atoms with Crippen LogP contribution in [0, 0.1) is 0 Å². The molecule has 0 aromatic carbocycles. The molecule has 0 aliphatic carbocycles. The zero-order valence-electron chi connectivity index (χ0n) is 13.5. The molecule has 0 saturated heterocycles.